The molecule has 1 aliphatic heterocycles. The van der Waals surface area contributed by atoms with Gasteiger partial charge in [0.05, 0.1) is 30.6 Å². The summed E-state index contributed by atoms with van der Waals surface area (Å²) in [6.07, 6.45) is 5.93. The monoisotopic (exact) mass is 403 g/mol. The van der Waals surface area contributed by atoms with Crippen molar-refractivity contribution < 1.29 is 9.47 Å². The predicted octanol–water partition coefficient (Wildman–Crippen LogP) is 4.28. The fourth-order valence-corrected chi connectivity index (χ4v) is 3.86. The van der Waals surface area contributed by atoms with Crippen LogP contribution in [-0.2, 0) is 28.2 Å². The first kappa shape index (κ1) is 18.3. The molecule has 0 saturated carbocycles. The van der Waals surface area contributed by atoms with Crippen LogP contribution in [0.25, 0.3) is 0 Å². The zero-order chi connectivity index (χ0) is 18.9. The Hall–Kier alpha value is -2.05. The maximum absolute atomic E-state index is 6.48. The van der Waals surface area contributed by atoms with Gasteiger partial charge in [-0.25, -0.2) is 4.98 Å². The lowest BCUT2D eigenvalue weighted by Crippen LogP contribution is -2.34. The SMILES string of the molecule is Nc1ccc(CC2COC(Cn3ccnc3)(c3ccc(Cl)cc3Cl)O2)cc1. The van der Waals surface area contributed by atoms with Crippen molar-refractivity contribution in [2.24, 2.45) is 0 Å². The van der Waals surface area contributed by atoms with Crippen molar-refractivity contribution in [3.05, 3.63) is 82.4 Å². The van der Waals surface area contributed by atoms with E-state index in [9.17, 15) is 0 Å². The highest BCUT2D eigenvalue weighted by atomic mass is 35.5. The molecule has 27 heavy (non-hydrogen) atoms. The highest BCUT2D eigenvalue weighted by Crippen LogP contribution is 2.41. The van der Waals surface area contributed by atoms with Crippen LogP contribution in [0.3, 0.4) is 0 Å². The van der Waals surface area contributed by atoms with Crippen molar-refractivity contribution in [3.8, 4) is 0 Å². The summed E-state index contributed by atoms with van der Waals surface area (Å²) in [5.74, 6) is -0.999. The first-order valence-corrected chi connectivity index (χ1v) is 9.37. The lowest BCUT2D eigenvalue weighted by Gasteiger charge is -2.30. The van der Waals surface area contributed by atoms with Crippen molar-refractivity contribution in [2.45, 2.75) is 24.9 Å². The van der Waals surface area contributed by atoms with Gasteiger partial charge in [-0.1, -0.05) is 41.4 Å². The van der Waals surface area contributed by atoms with Crippen molar-refractivity contribution in [1.82, 2.24) is 9.55 Å². The average Bonchev–Trinajstić information content (AvgIpc) is 3.28. The maximum Gasteiger partial charge on any atom is 0.215 e. The Morgan fingerprint density at radius 1 is 1.19 bits per heavy atom. The van der Waals surface area contributed by atoms with Gasteiger partial charge in [0.1, 0.15) is 0 Å². The summed E-state index contributed by atoms with van der Waals surface area (Å²) in [6, 6.07) is 13.1. The van der Waals surface area contributed by atoms with Crippen molar-refractivity contribution in [3.63, 3.8) is 0 Å². The van der Waals surface area contributed by atoms with E-state index in [1.165, 1.54) is 0 Å². The number of nitrogens with zero attached hydrogens (tertiary/aromatic N) is 2. The third-order valence-electron chi connectivity index (χ3n) is 4.59. The van der Waals surface area contributed by atoms with E-state index in [0.29, 0.717) is 23.2 Å². The molecule has 1 aromatic heterocycles. The number of aromatic nitrogens is 2. The van der Waals surface area contributed by atoms with Crippen LogP contribution in [0.4, 0.5) is 5.69 Å². The zero-order valence-electron chi connectivity index (χ0n) is 14.5. The Balaban J connectivity index is 1.62. The number of anilines is 1. The molecule has 2 atom stereocenters. The Morgan fingerprint density at radius 3 is 2.70 bits per heavy atom. The van der Waals surface area contributed by atoms with Crippen LogP contribution in [0.15, 0.2) is 61.2 Å². The molecular weight excluding hydrogens is 385 g/mol. The number of ether oxygens (including phenoxy) is 2. The smallest absolute Gasteiger partial charge is 0.215 e. The summed E-state index contributed by atoms with van der Waals surface area (Å²) in [5, 5.41) is 1.08. The predicted molar refractivity (Wildman–Crippen MR) is 106 cm³/mol. The van der Waals surface area contributed by atoms with E-state index in [-0.39, 0.29) is 6.10 Å². The molecule has 140 valence electrons. The van der Waals surface area contributed by atoms with Crippen LogP contribution < -0.4 is 5.73 Å². The molecule has 2 heterocycles. The molecule has 2 aromatic carbocycles. The lowest BCUT2D eigenvalue weighted by atomic mass is 10.0. The fraction of sp³-hybridized carbons (Fsp3) is 0.250. The second-order valence-corrected chi connectivity index (χ2v) is 7.45. The third-order valence-corrected chi connectivity index (χ3v) is 5.14. The summed E-state index contributed by atoms with van der Waals surface area (Å²) < 4.78 is 14.6. The molecule has 0 spiro atoms. The number of halogens is 2. The first-order chi connectivity index (χ1) is 13.0. The van der Waals surface area contributed by atoms with Gasteiger partial charge >= 0.3 is 0 Å². The molecule has 2 unspecified atom stereocenters. The van der Waals surface area contributed by atoms with Crippen LogP contribution in [-0.4, -0.2) is 22.3 Å². The number of hydrogen-bond donors (Lipinski definition) is 1. The molecule has 0 radical (unpaired) electrons. The standard InChI is InChI=1S/C20H19Cl2N3O2/c21-15-3-6-18(19(22)10-15)20(12-25-8-7-24-13-25)26-11-17(27-20)9-14-1-4-16(23)5-2-14/h1-8,10,13,17H,9,11-12,23H2. The number of nitrogen functional groups attached to an aromatic ring is 1. The van der Waals surface area contributed by atoms with Crippen LogP contribution in [0.5, 0.6) is 0 Å². The van der Waals surface area contributed by atoms with Gasteiger partial charge in [-0.2, -0.15) is 0 Å². The minimum Gasteiger partial charge on any atom is -0.399 e. The minimum absolute atomic E-state index is 0.108. The van der Waals surface area contributed by atoms with E-state index >= 15 is 0 Å². The van der Waals surface area contributed by atoms with Gasteiger partial charge in [-0.05, 0) is 29.8 Å². The van der Waals surface area contributed by atoms with E-state index in [0.717, 1.165) is 23.2 Å². The van der Waals surface area contributed by atoms with E-state index < -0.39 is 5.79 Å². The molecule has 3 aromatic rings. The summed E-state index contributed by atoms with van der Waals surface area (Å²) in [6.45, 7) is 0.893. The lowest BCUT2D eigenvalue weighted by molar-refractivity contribution is -0.186. The molecule has 7 heteroatoms. The fourth-order valence-electron chi connectivity index (χ4n) is 3.31. The maximum atomic E-state index is 6.48. The average molecular weight is 404 g/mol. The molecule has 1 aliphatic rings. The van der Waals surface area contributed by atoms with Gasteiger partial charge in [-0.3, -0.25) is 0 Å². The molecule has 0 amide bonds. The first-order valence-electron chi connectivity index (χ1n) is 8.61. The van der Waals surface area contributed by atoms with Crippen molar-refractivity contribution in [2.75, 3.05) is 12.3 Å². The quantitative estimate of drug-likeness (QED) is 0.645. The largest absolute Gasteiger partial charge is 0.399 e. The van der Waals surface area contributed by atoms with Gasteiger partial charge in [0.2, 0.25) is 5.79 Å². The van der Waals surface area contributed by atoms with Crippen LogP contribution in [0.2, 0.25) is 10.0 Å². The van der Waals surface area contributed by atoms with Crippen LogP contribution in [0.1, 0.15) is 11.1 Å². The number of rotatable bonds is 5. The Bertz CT molecular complexity index is 915. The molecule has 1 fully saturated rings. The number of nitrogens with two attached hydrogens (primary N) is 1. The summed E-state index contributed by atoms with van der Waals surface area (Å²) >= 11 is 12.6. The molecule has 5 nitrogen and oxygen atoms in total. The Morgan fingerprint density at radius 2 is 2.00 bits per heavy atom. The minimum atomic E-state index is -0.999. The Labute approximate surface area is 167 Å². The Kier molecular flexibility index (Phi) is 5.10. The van der Waals surface area contributed by atoms with E-state index in [1.807, 2.05) is 41.1 Å². The van der Waals surface area contributed by atoms with E-state index in [4.69, 9.17) is 38.4 Å². The van der Waals surface area contributed by atoms with Crippen LogP contribution in [0, 0.1) is 0 Å². The zero-order valence-corrected chi connectivity index (χ0v) is 16.0. The van der Waals surface area contributed by atoms with Crippen LogP contribution >= 0.6 is 23.2 Å². The third kappa shape index (κ3) is 3.96. The van der Waals surface area contributed by atoms with Gasteiger partial charge in [0.25, 0.3) is 0 Å². The highest BCUT2D eigenvalue weighted by molar-refractivity contribution is 6.35. The molecule has 2 N–H and O–H groups in total. The van der Waals surface area contributed by atoms with Gasteiger partial charge in [-0.15, -0.1) is 0 Å². The number of benzene rings is 2. The van der Waals surface area contributed by atoms with Gasteiger partial charge in [0, 0.05) is 35.1 Å². The molecule has 4 rings (SSSR count). The molecule has 1 saturated heterocycles. The van der Waals surface area contributed by atoms with Crippen molar-refractivity contribution >= 4 is 28.9 Å². The van der Waals surface area contributed by atoms with Gasteiger partial charge in [0.15, 0.2) is 0 Å². The summed E-state index contributed by atoms with van der Waals surface area (Å²) in [5.41, 5.74) is 8.40. The van der Waals surface area contributed by atoms with E-state index in [2.05, 4.69) is 4.98 Å². The second kappa shape index (κ2) is 7.52. The normalized spacial score (nSPS) is 22.2. The molecular formula is C20H19Cl2N3O2. The van der Waals surface area contributed by atoms with Gasteiger partial charge < -0.3 is 19.8 Å². The number of imidazole rings is 1. The molecule has 0 bridgehead atoms. The summed E-state index contributed by atoms with van der Waals surface area (Å²) in [7, 11) is 0. The second-order valence-electron chi connectivity index (χ2n) is 6.61. The topological polar surface area (TPSA) is 62.3 Å². The van der Waals surface area contributed by atoms with Crippen molar-refractivity contribution in [1.29, 1.82) is 0 Å². The summed E-state index contributed by atoms with van der Waals surface area (Å²) in [4.78, 5) is 4.11. The van der Waals surface area contributed by atoms with E-state index in [1.54, 1.807) is 24.7 Å². The molecule has 0 aliphatic carbocycles. The highest BCUT2D eigenvalue weighted by Gasteiger charge is 2.45. The number of hydrogen-bond acceptors (Lipinski definition) is 4.